The summed E-state index contributed by atoms with van der Waals surface area (Å²) in [5.41, 5.74) is 3.74. The van der Waals surface area contributed by atoms with E-state index in [4.69, 9.17) is 11.6 Å². The molecule has 1 amide bonds. The molecule has 0 aliphatic rings. The Morgan fingerprint density at radius 3 is 2.69 bits per heavy atom. The smallest absolute Gasteiger partial charge is 0.249 e. The van der Waals surface area contributed by atoms with Crippen molar-refractivity contribution in [3.8, 4) is 11.3 Å². The van der Waals surface area contributed by atoms with Crippen molar-refractivity contribution in [2.75, 3.05) is 5.32 Å². The maximum atomic E-state index is 14.4. The lowest BCUT2D eigenvalue weighted by atomic mass is 10.0. The van der Waals surface area contributed by atoms with Gasteiger partial charge >= 0.3 is 0 Å². The number of carbonyl (C=O) groups is 1. The first kappa shape index (κ1) is 25.0. The molecule has 1 atom stereocenters. The summed E-state index contributed by atoms with van der Waals surface area (Å²) in [6.07, 6.45) is 5.56. The Balaban J connectivity index is 2.58. The molecular formula is C25H28ClFN4O. The van der Waals surface area contributed by atoms with E-state index < -0.39 is 5.82 Å². The largest absolute Gasteiger partial charge is 0.354 e. The number of hydrogen-bond donors (Lipinski definition) is 2. The van der Waals surface area contributed by atoms with Gasteiger partial charge in [0, 0.05) is 51.5 Å². The summed E-state index contributed by atoms with van der Waals surface area (Å²) in [4.78, 5) is 20.9. The lowest BCUT2D eigenvalue weighted by Crippen LogP contribution is -2.33. The van der Waals surface area contributed by atoms with Crippen LogP contribution in [-0.4, -0.2) is 23.7 Å². The fourth-order valence-electron chi connectivity index (χ4n) is 2.83. The summed E-state index contributed by atoms with van der Waals surface area (Å²) in [5, 5.41) is 6.62. The molecule has 32 heavy (non-hydrogen) atoms. The number of hydrogen-bond acceptors (Lipinski definition) is 4. The van der Waals surface area contributed by atoms with Gasteiger partial charge in [0.25, 0.3) is 0 Å². The van der Waals surface area contributed by atoms with Crippen molar-refractivity contribution < 1.29 is 9.18 Å². The van der Waals surface area contributed by atoms with Gasteiger partial charge in [-0.25, -0.2) is 4.39 Å². The van der Waals surface area contributed by atoms with Crippen LogP contribution in [0.15, 0.2) is 65.6 Å². The minimum absolute atomic E-state index is 0.0320. The van der Waals surface area contributed by atoms with E-state index in [-0.39, 0.29) is 17.5 Å². The van der Waals surface area contributed by atoms with Crippen molar-refractivity contribution >= 4 is 35.5 Å². The zero-order valence-electron chi connectivity index (χ0n) is 18.8. The highest BCUT2D eigenvalue weighted by Crippen LogP contribution is 2.31. The zero-order valence-corrected chi connectivity index (χ0v) is 19.6. The molecule has 0 bridgehead atoms. The number of aromatic nitrogens is 1. The Labute approximate surface area is 193 Å². The number of anilines is 1. The third kappa shape index (κ3) is 6.37. The molecule has 0 spiro atoms. The zero-order chi connectivity index (χ0) is 23.8. The number of nitrogens with zero attached hydrogens (tertiary/aromatic N) is 2. The third-order valence-electron chi connectivity index (χ3n) is 4.92. The van der Waals surface area contributed by atoms with Crippen LogP contribution in [0.1, 0.15) is 39.7 Å². The highest BCUT2D eigenvalue weighted by atomic mass is 35.5. The predicted octanol–water partition coefficient (Wildman–Crippen LogP) is 6.39. The number of pyridine rings is 1. The van der Waals surface area contributed by atoms with Gasteiger partial charge < -0.3 is 10.6 Å². The van der Waals surface area contributed by atoms with E-state index in [0.29, 0.717) is 27.7 Å². The molecule has 1 heterocycles. The van der Waals surface area contributed by atoms with E-state index >= 15 is 0 Å². The number of aliphatic imine (C=N–C) groups is 1. The first-order valence-corrected chi connectivity index (χ1v) is 10.6. The van der Waals surface area contributed by atoms with Gasteiger partial charge in [0.05, 0.1) is 5.69 Å². The van der Waals surface area contributed by atoms with Crippen LogP contribution in [0.3, 0.4) is 0 Å². The van der Waals surface area contributed by atoms with Crippen LogP contribution >= 0.6 is 11.6 Å². The van der Waals surface area contributed by atoms with Crippen molar-refractivity contribution in [3.63, 3.8) is 0 Å². The average molecular weight is 455 g/mol. The Bertz CT molecular complexity index is 1090. The Kier molecular flexibility index (Phi) is 8.91. The van der Waals surface area contributed by atoms with Crippen molar-refractivity contribution in [2.45, 2.75) is 40.2 Å². The topological polar surface area (TPSA) is 66.4 Å². The molecule has 0 aliphatic heterocycles. The van der Waals surface area contributed by atoms with Crippen LogP contribution in [0, 0.1) is 5.82 Å². The van der Waals surface area contributed by atoms with Gasteiger partial charge in [0.1, 0.15) is 5.82 Å². The van der Waals surface area contributed by atoms with Crippen molar-refractivity contribution in [1.29, 1.82) is 0 Å². The monoisotopic (exact) mass is 454 g/mol. The number of carbonyl (C=O) groups excluding carboxylic acids is 1. The van der Waals surface area contributed by atoms with Gasteiger partial charge in [-0.15, -0.1) is 0 Å². The van der Waals surface area contributed by atoms with Crippen molar-refractivity contribution in [3.05, 3.63) is 77.0 Å². The van der Waals surface area contributed by atoms with E-state index in [9.17, 15) is 9.18 Å². The van der Waals surface area contributed by atoms with E-state index in [1.807, 2.05) is 20.8 Å². The molecule has 0 unspecified atom stereocenters. The summed E-state index contributed by atoms with van der Waals surface area (Å²) in [5.74, 6) is -0.644. The standard InChI is InChI=1S/C25H28ClFN4O/c1-7-16(4)30-25(32)17(5)22(10-11-28-6)31-24-13-23(29-14-20(24)15(2)3)19-12-18(26)8-9-21(19)27/h8-14,16H,2,6-7H2,1,3-5H3,(H,29,31)(H,30,32)/b11-10-,22-17-/t16-/m1/s1. The second kappa shape index (κ2) is 11.4. The maximum Gasteiger partial charge on any atom is 0.249 e. The Hall–Kier alpha value is -3.25. The van der Waals surface area contributed by atoms with Crippen LogP contribution < -0.4 is 10.6 Å². The van der Waals surface area contributed by atoms with Crippen LogP contribution in [0.4, 0.5) is 10.1 Å². The maximum absolute atomic E-state index is 14.4. The lowest BCUT2D eigenvalue weighted by molar-refractivity contribution is -0.118. The molecule has 0 aliphatic carbocycles. The summed E-state index contributed by atoms with van der Waals surface area (Å²) < 4.78 is 14.4. The van der Waals surface area contributed by atoms with Crippen LogP contribution in [0.2, 0.25) is 5.02 Å². The van der Waals surface area contributed by atoms with Gasteiger partial charge in [-0.1, -0.05) is 25.1 Å². The van der Waals surface area contributed by atoms with E-state index in [2.05, 4.69) is 33.9 Å². The number of allylic oxidation sites excluding steroid dienone is 2. The van der Waals surface area contributed by atoms with Gasteiger partial charge in [-0.2, -0.15) is 0 Å². The van der Waals surface area contributed by atoms with Gasteiger partial charge in [0.2, 0.25) is 5.91 Å². The molecule has 1 aromatic heterocycles. The van der Waals surface area contributed by atoms with Gasteiger partial charge in [-0.3, -0.25) is 14.8 Å². The summed E-state index contributed by atoms with van der Waals surface area (Å²) in [6.45, 7) is 15.0. The number of halogens is 2. The number of nitrogens with one attached hydrogen (secondary N) is 2. The molecule has 0 radical (unpaired) electrons. The molecular weight excluding hydrogens is 427 g/mol. The SMILES string of the molecule is C=N/C=C\C(Nc1cc(-c2cc(Cl)ccc2F)ncc1C(=C)C)=C(/C)C(=O)N[C@H](C)CC. The van der Waals surface area contributed by atoms with Crippen molar-refractivity contribution in [2.24, 2.45) is 4.99 Å². The molecule has 7 heteroatoms. The molecule has 2 rings (SSSR count). The predicted molar refractivity (Wildman–Crippen MR) is 132 cm³/mol. The van der Waals surface area contributed by atoms with Gasteiger partial charge in [-0.05, 0) is 69.8 Å². The van der Waals surface area contributed by atoms with Gasteiger partial charge in [0.15, 0.2) is 0 Å². The quantitative estimate of drug-likeness (QED) is 0.262. The summed E-state index contributed by atoms with van der Waals surface area (Å²) in [7, 11) is 0. The fourth-order valence-corrected chi connectivity index (χ4v) is 3.00. The normalized spacial score (nSPS) is 12.8. The number of amides is 1. The fraction of sp³-hybridized carbons (Fsp3) is 0.240. The van der Waals surface area contributed by atoms with E-state index in [1.165, 1.54) is 24.4 Å². The first-order chi connectivity index (χ1) is 15.2. The number of benzene rings is 1. The molecule has 2 aromatic rings. The summed E-state index contributed by atoms with van der Waals surface area (Å²) in [6, 6.07) is 6.03. The molecule has 0 saturated heterocycles. The first-order valence-electron chi connectivity index (χ1n) is 10.2. The van der Waals surface area contributed by atoms with E-state index in [1.54, 1.807) is 25.3 Å². The van der Waals surface area contributed by atoms with Crippen LogP contribution in [-0.2, 0) is 4.79 Å². The Morgan fingerprint density at radius 1 is 1.34 bits per heavy atom. The average Bonchev–Trinajstić information content (AvgIpc) is 2.77. The highest BCUT2D eigenvalue weighted by Gasteiger charge is 2.15. The van der Waals surface area contributed by atoms with Crippen molar-refractivity contribution in [1.82, 2.24) is 10.3 Å². The molecule has 0 saturated carbocycles. The molecule has 5 nitrogen and oxygen atoms in total. The lowest BCUT2D eigenvalue weighted by Gasteiger charge is -2.18. The third-order valence-corrected chi connectivity index (χ3v) is 5.15. The molecule has 2 N–H and O–H groups in total. The van der Waals surface area contributed by atoms with E-state index in [0.717, 1.165) is 17.6 Å². The highest BCUT2D eigenvalue weighted by molar-refractivity contribution is 6.30. The van der Waals surface area contributed by atoms with Crippen LogP contribution in [0.25, 0.3) is 16.8 Å². The minimum Gasteiger partial charge on any atom is -0.354 e. The Morgan fingerprint density at radius 2 is 2.06 bits per heavy atom. The second-order valence-electron chi connectivity index (χ2n) is 7.46. The second-order valence-corrected chi connectivity index (χ2v) is 7.90. The number of rotatable bonds is 9. The minimum atomic E-state index is -0.438. The van der Waals surface area contributed by atoms with Crippen LogP contribution in [0.5, 0.6) is 0 Å². The molecule has 0 fully saturated rings. The summed E-state index contributed by atoms with van der Waals surface area (Å²) >= 11 is 6.06. The molecule has 1 aromatic carbocycles. The molecule has 168 valence electrons.